The molecule has 7 heteroatoms. The van der Waals surface area contributed by atoms with Crippen LogP contribution in [0.3, 0.4) is 0 Å². The first-order chi connectivity index (χ1) is 11.5. The second kappa shape index (κ2) is 7.09. The molecule has 7 nitrogen and oxygen atoms in total. The normalized spacial score (nSPS) is 20.8. The van der Waals surface area contributed by atoms with Gasteiger partial charge in [0.15, 0.2) is 11.5 Å². The fourth-order valence-corrected chi connectivity index (χ4v) is 2.68. The van der Waals surface area contributed by atoms with Crippen molar-refractivity contribution >= 4 is 11.8 Å². The van der Waals surface area contributed by atoms with E-state index in [0.717, 1.165) is 17.9 Å². The van der Waals surface area contributed by atoms with Crippen LogP contribution in [0.1, 0.15) is 12.0 Å². The summed E-state index contributed by atoms with van der Waals surface area (Å²) in [4.78, 5) is 26.1. The molecule has 1 aliphatic carbocycles. The van der Waals surface area contributed by atoms with Gasteiger partial charge in [-0.2, -0.15) is 0 Å². The van der Waals surface area contributed by atoms with Crippen molar-refractivity contribution in [3.05, 3.63) is 23.8 Å². The third-order valence-corrected chi connectivity index (χ3v) is 4.23. The third kappa shape index (κ3) is 3.97. The zero-order valence-corrected chi connectivity index (χ0v) is 14.0. The number of benzene rings is 1. The number of ether oxygens (including phenoxy) is 2. The van der Waals surface area contributed by atoms with Crippen LogP contribution in [0, 0.1) is 11.8 Å². The SMILES string of the molecule is CN(C)CCNC(=O)C1CC1C(=O)NCc1ccc2c(c1)OCO2. The summed E-state index contributed by atoms with van der Waals surface area (Å²) in [5.41, 5.74) is 0.945. The number of nitrogens with one attached hydrogen (secondary N) is 2. The molecule has 1 aromatic carbocycles. The molecular formula is C17H23N3O4. The maximum atomic E-state index is 12.2. The predicted molar refractivity (Wildman–Crippen MR) is 87.6 cm³/mol. The van der Waals surface area contributed by atoms with Crippen molar-refractivity contribution < 1.29 is 19.1 Å². The minimum atomic E-state index is -0.210. The molecular weight excluding hydrogens is 310 g/mol. The van der Waals surface area contributed by atoms with E-state index >= 15 is 0 Å². The van der Waals surface area contributed by atoms with Crippen LogP contribution in [-0.2, 0) is 16.1 Å². The maximum absolute atomic E-state index is 12.2. The average Bonchev–Trinajstić information content (AvgIpc) is 3.22. The van der Waals surface area contributed by atoms with Crippen molar-refractivity contribution in [2.24, 2.45) is 11.8 Å². The van der Waals surface area contributed by atoms with Crippen LogP contribution in [0.5, 0.6) is 11.5 Å². The average molecular weight is 333 g/mol. The van der Waals surface area contributed by atoms with Crippen molar-refractivity contribution in [1.29, 1.82) is 0 Å². The Balaban J connectivity index is 1.41. The van der Waals surface area contributed by atoms with E-state index in [-0.39, 0.29) is 30.4 Å². The van der Waals surface area contributed by atoms with Crippen molar-refractivity contribution in [3.8, 4) is 11.5 Å². The molecule has 0 aromatic heterocycles. The number of hydrogen-bond donors (Lipinski definition) is 2. The monoisotopic (exact) mass is 333 g/mol. The molecule has 0 bridgehead atoms. The lowest BCUT2D eigenvalue weighted by Gasteiger charge is -2.10. The summed E-state index contributed by atoms with van der Waals surface area (Å²) >= 11 is 0. The molecule has 24 heavy (non-hydrogen) atoms. The van der Waals surface area contributed by atoms with E-state index in [2.05, 4.69) is 10.6 Å². The van der Waals surface area contributed by atoms with Gasteiger partial charge < -0.3 is 25.0 Å². The molecule has 130 valence electrons. The van der Waals surface area contributed by atoms with Gasteiger partial charge in [0, 0.05) is 19.6 Å². The second-order valence-corrected chi connectivity index (χ2v) is 6.45. The molecule has 1 saturated carbocycles. The number of carbonyl (C=O) groups excluding carboxylic acids is 2. The summed E-state index contributed by atoms with van der Waals surface area (Å²) in [5, 5.41) is 5.76. The first kappa shape index (κ1) is 16.6. The lowest BCUT2D eigenvalue weighted by Crippen LogP contribution is -2.34. The van der Waals surface area contributed by atoms with E-state index in [0.29, 0.717) is 25.3 Å². The Morgan fingerprint density at radius 1 is 1.12 bits per heavy atom. The summed E-state index contributed by atoms with van der Waals surface area (Å²) < 4.78 is 10.6. The fourth-order valence-electron chi connectivity index (χ4n) is 2.68. The molecule has 1 aromatic rings. The molecule has 2 amide bonds. The summed E-state index contributed by atoms with van der Waals surface area (Å²) in [7, 11) is 3.91. The second-order valence-electron chi connectivity index (χ2n) is 6.45. The number of rotatable bonds is 7. The van der Waals surface area contributed by atoms with Gasteiger partial charge in [-0.3, -0.25) is 9.59 Å². The number of carbonyl (C=O) groups is 2. The largest absolute Gasteiger partial charge is 0.454 e. The molecule has 0 radical (unpaired) electrons. The molecule has 2 unspecified atom stereocenters. The maximum Gasteiger partial charge on any atom is 0.231 e. The standard InChI is InChI=1S/C17H23N3O4/c1-20(2)6-5-18-16(21)12-8-13(12)17(22)19-9-11-3-4-14-15(7-11)24-10-23-14/h3-4,7,12-13H,5-6,8-10H2,1-2H3,(H,18,21)(H,19,22). The van der Waals surface area contributed by atoms with Gasteiger partial charge in [-0.25, -0.2) is 0 Å². The summed E-state index contributed by atoms with van der Waals surface area (Å²) in [5.74, 6) is 0.927. The van der Waals surface area contributed by atoms with Gasteiger partial charge >= 0.3 is 0 Å². The molecule has 1 fully saturated rings. The van der Waals surface area contributed by atoms with Gasteiger partial charge in [-0.05, 0) is 38.2 Å². The van der Waals surface area contributed by atoms with Crippen LogP contribution in [0.25, 0.3) is 0 Å². The number of fused-ring (bicyclic) bond motifs is 1. The van der Waals surface area contributed by atoms with Crippen molar-refractivity contribution in [2.45, 2.75) is 13.0 Å². The van der Waals surface area contributed by atoms with Crippen LogP contribution >= 0.6 is 0 Å². The Morgan fingerprint density at radius 3 is 2.58 bits per heavy atom. The minimum Gasteiger partial charge on any atom is -0.454 e. The van der Waals surface area contributed by atoms with E-state index in [4.69, 9.17) is 9.47 Å². The molecule has 2 aliphatic rings. The van der Waals surface area contributed by atoms with E-state index < -0.39 is 0 Å². The first-order valence-electron chi connectivity index (χ1n) is 8.13. The van der Waals surface area contributed by atoms with Crippen LogP contribution in [0.2, 0.25) is 0 Å². The van der Waals surface area contributed by atoms with Gasteiger partial charge in [0.1, 0.15) is 0 Å². The van der Waals surface area contributed by atoms with Gasteiger partial charge in [0.2, 0.25) is 18.6 Å². The van der Waals surface area contributed by atoms with Crippen molar-refractivity contribution in [3.63, 3.8) is 0 Å². The van der Waals surface area contributed by atoms with Crippen LogP contribution in [0.15, 0.2) is 18.2 Å². The number of hydrogen-bond acceptors (Lipinski definition) is 5. The Kier molecular flexibility index (Phi) is 4.89. The first-order valence-corrected chi connectivity index (χ1v) is 8.13. The van der Waals surface area contributed by atoms with Crippen molar-refractivity contribution in [2.75, 3.05) is 34.0 Å². The molecule has 0 saturated heterocycles. The van der Waals surface area contributed by atoms with Gasteiger partial charge in [-0.1, -0.05) is 6.07 Å². The molecule has 1 aliphatic heterocycles. The zero-order chi connectivity index (χ0) is 17.1. The number of nitrogens with zero attached hydrogens (tertiary/aromatic N) is 1. The minimum absolute atomic E-state index is 0.0277. The topological polar surface area (TPSA) is 79.9 Å². The smallest absolute Gasteiger partial charge is 0.231 e. The Labute approximate surface area is 141 Å². The van der Waals surface area contributed by atoms with Crippen LogP contribution in [-0.4, -0.2) is 50.7 Å². The molecule has 2 N–H and O–H groups in total. The third-order valence-electron chi connectivity index (χ3n) is 4.23. The van der Waals surface area contributed by atoms with Crippen molar-refractivity contribution in [1.82, 2.24) is 15.5 Å². The van der Waals surface area contributed by atoms with E-state index in [1.807, 2.05) is 37.2 Å². The molecule has 0 spiro atoms. The summed E-state index contributed by atoms with van der Waals surface area (Å²) in [6.45, 7) is 2.05. The highest BCUT2D eigenvalue weighted by Crippen LogP contribution is 2.39. The predicted octanol–water partition coefficient (Wildman–Crippen LogP) is 0.345. The molecule has 3 rings (SSSR count). The highest BCUT2D eigenvalue weighted by atomic mass is 16.7. The lowest BCUT2D eigenvalue weighted by atomic mass is 10.2. The molecule has 1 heterocycles. The van der Waals surface area contributed by atoms with Crippen LogP contribution in [0.4, 0.5) is 0 Å². The Hall–Kier alpha value is -2.28. The van der Waals surface area contributed by atoms with E-state index in [9.17, 15) is 9.59 Å². The van der Waals surface area contributed by atoms with Crippen LogP contribution < -0.4 is 20.1 Å². The van der Waals surface area contributed by atoms with E-state index in [1.54, 1.807) is 0 Å². The molecule has 2 atom stereocenters. The highest BCUT2D eigenvalue weighted by Gasteiger charge is 2.47. The quantitative estimate of drug-likeness (QED) is 0.752. The Morgan fingerprint density at radius 2 is 1.83 bits per heavy atom. The lowest BCUT2D eigenvalue weighted by molar-refractivity contribution is -0.127. The highest BCUT2D eigenvalue weighted by molar-refractivity contribution is 5.92. The van der Waals surface area contributed by atoms with Gasteiger partial charge in [0.05, 0.1) is 11.8 Å². The number of amides is 2. The summed E-state index contributed by atoms with van der Waals surface area (Å²) in [6, 6.07) is 5.59. The van der Waals surface area contributed by atoms with E-state index in [1.165, 1.54) is 0 Å². The fraction of sp³-hybridized carbons (Fsp3) is 0.529. The number of likely N-dealkylation sites (N-methyl/N-ethyl adjacent to an activating group) is 1. The van der Waals surface area contributed by atoms with Gasteiger partial charge in [-0.15, -0.1) is 0 Å². The zero-order valence-electron chi connectivity index (χ0n) is 14.0. The Bertz CT molecular complexity index is 632. The summed E-state index contributed by atoms with van der Waals surface area (Å²) in [6.07, 6.45) is 0.626. The van der Waals surface area contributed by atoms with Gasteiger partial charge in [0.25, 0.3) is 0 Å².